The van der Waals surface area contributed by atoms with Crippen LogP contribution in [0.5, 0.6) is 0 Å². The molecule has 6 aromatic carbocycles. The summed E-state index contributed by atoms with van der Waals surface area (Å²) >= 11 is 0. The van der Waals surface area contributed by atoms with Crippen LogP contribution in [0.25, 0.3) is 21.5 Å². The zero-order valence-corrected chi connectivity index (χ0v) is 22.3. The predicted molar refractivity (Wildman–Crippen MR) is 163 cm³/mol. The Bertz CT molecular complexity index is 1590. The maximum absolute atomic E-state index is 2.44. The number of benzene rings is 6. The quantitative estimate of drug-likeness (QED) is 0.159. The first kappa shape index (κ1) is 23.5. The second-order valence-electron chi connectivity index (χ2n) is 10.0. The molecule has 0 spiro atoms. The van der Waals surface area contributed by atoms with Gasteiger partial charge in [-0.2, -0.15) is 0 Å². The topological polar surface area (TPSA) is 0 Å². The third-order valence-corrected chi connectivity index (χ3v) is 13.2. The van der Waals surface area contributed by atoms with Crippen molar-refractivity contribution in [3.63, 3.8) is 0 Å². The van der Waals surface area contributed by atoms with Gasteiger partial charge in [-0.1, -0.05) is 153 Å². The molecule has 0 nitrogen and oxygen atoms in total. The third kappa shape index (κ3) is 4.20. The van der Waals surface area contributed by atoms with Crippen molar-refractivity contribution in [1.82, 2.24) is 0 Å². The van der Waals surface area contributed by atoms with E-state index in [1.54, 1.807) is 0 Å². The molecule has 0 amide bonds. The summed E-state index contributed by atoms with van der Waals surface area (Å²) in [7, 11) is -2.44. The number of hydrogen-bond donors (Lipinski definition) is 0. The second kappa shape index (κ2) is 10.2. The molecule has 1 atom stereocenters. The molecule has 0 aromatic heterocycles. The summed E-state index contributed by atoms with van der Waals surface area (Å²) in [5.41, 5.74) is 1.48. The minimum Gasteiger partial charge on any atom is -0.0648 e. The van der Waals surface area contributed by atoms with Crippen molar-refractivity contribution in [3.05, 3.63) is 151 Å². The summed E-state index contributed by atoms with van der Waals surface area (Å²) in [5, 5.41) is 9.90. The first-order valence-electron chi connectivity index (χ1n) is 13.4. The van der Waals surface area contributed by atoms with Crippen LogP contribution < -0.4 is 15.6 Å². The van der Waals surface area contributed by atoms with Crippen molar-refractivity contribution in [2.45, 2.75) is 25.3 Å². The monoisotopic (exact) mass is 492 g/mol. The van der Waals surface area contributed by atoms with Crippen LogP contribution in [0.4, 0.5) is 0 Å². The Hall–Kier alpha value is -3.94. The Labute approximate surface area is 221 Å². The van der Waals surface area contributed by atoms with Gasteiger partial charge in [0.25, 0.3) is 0 Å². The fraction of sp³-hybridized carbons (Fsp3) is 0.111. The lowest BCUT2D eigenvalue weighted by Gasteiger charge is -2.38. The molecule has 0 bridgehead atoms. The number of fused-ring (bicyclic) bond motifs is 2. The fourth-order valence-corrected chi connectivity index (χ4v) is 11.8. The minimum atomic E-state index is -2.44. The highest BCUT2D eigenvalue weighted by Gasteiger charge is 2.42. The van der Waals surface area contributed by atoms with Crippen LogP contribution in [0.1, 0.15) is 24.8 Å². The van der Waals surface area contributed by atoms with E-state index >= 15 is 0 Å². The Balaban J connectivity index is 1.66. The van der Waals surface area contributed by atoms with Crippen molar-refractivity contribution >= 4 is 45.2 Å². The molecule has 37 heavy (non-hydrogen) atoms. The number of rotatable bonds is 7. The standard InChI is InChI=1S/C36H32Si/c1-2-28(33-25-13-17-29-15-9-11-23-34(29)33)27-37(31-19-5-3-6-20-31,32-21-7-4-8-22-32)36-26-14-18-30-16-10-12-24-35(30)36/h3-26,28H,2,27H2,1H3. The van der Waals surface area contributed by atoms with Crippen LogP contribution in [-0.4, -0.2) is 8.07 Å². The summed E-state index contributed by atoms with van der Waals surface area (Å²) in [6, 6.07) is 55.5. The largest absolute Gasteiger partial charge is 0.149 e. The van der Waals surface area contributed by atoms with Crippen LogP contribution >= 0.6 is 0 Å². The maximum atomic E-state index is 2.42. The van der Waals surface area contributed by atoms with Gasteiger partial charge in [0.2, 0.25) is 0 Å². The lowest BCUT2D eigenvalue weighted by molar-refractivity contribution is 0.731. The fourth-order valence-electron chi connectivity index (χ4n) is 6.32. The average Bonchev–Trinajstić information content (AvgIpc) is 2.99. The van der Waals surface area contributed by atoms with E-state index in [2.05, 4.69) is 153 Å². The lowest BCUT2D eigenvalue weighted by atomic mass is 9.93. The van der Waals surface area contributed by atoms with Gasteiger partial charge in [-0.3, -0.25) is 0 Å². The van der Waals surface area contributed by atoms with E-state index < -0.39 is 8.07 Å². The van der Waals surface area contributed by atoms with Gasteiger partial charge in [-0.15, -0.1) is 0 Å². The van der Waals surface area contributed by atoms with Crippen LogP contribution in [0.3, 0.4) is 0 Å². The van der Waals surface area contributed by atoms with E-state index in [-0.39, 0.29) is 0 Å². The molecule has 6 aromatic rings. The molecular formula is C36H32Si. The van der Waals surface area contributed by atoms with Gasteiger partial charge in [0.1, 0.15) is 8.07 Å². The van der Waals surface area contributed by atoms with Gasteiger partial charge in [0.05, 0.1) is 0 Å². The van der Waals surface area contributed by atoms with Gasteiger partial charge in [-0.25, -0.2) is 0 Å². The molecule has 1 heteroatoms. The first-order valence-corrected chi connectivity index (χ1v) is 15.6. The smallest absolute Gasteiger partial charge is 0.0648 e. The molecule has 0 N–H and O–H groups in total. The molecule has 6 rings (SSSR count). The van der Waals surface area contributed by atoms with Crippen molar-refractivity contribution < 1.29 is 0 Å². The molecule has 0 saturated carbocycles. The van der Waals surface area contributed by atoms with Gasteiger partial charge in [0.15, 0.2) is 0 Å². The van der Waals surface area contributed by atoms with Crippen LogP contribution in [-0.2, 0) is 0 Å². The zero-order valence-electron chi connectivity index (χ0n) is 21.3. The van der Waals surface area contributed by atoms with E-state index in [4.69, 9.17) is 0 Å². The van der Waals surface area contributed by atoms with Crippen LogP contribution in [0.15, 0.2) is 146 Å². The molecule has 0 aliphatic heterocycles. The predicted octanol–water partition coefficient (Wildman–Crippen LogP) is 7.66. The average molecular weight is 493 g/mol. The van der Waals surface area contributed by atoms with Crippen molar-refractivity contribution in [3.8, 4) is 0 Å². The SMILES string of the molecule is CCC(C[Si](c1ccccc1)(c1ccccc1)c1cccc2ccccc12)c1cccc2ccccc12. The Morgan fingerprint density at radius 2 is 0.973 bits per heavy atom. The van der Waals surface area contributed by atoms with E-state index in [1.165, 1.54) is 42.7 Å². The van der Waals surface area contributed by atoms with E-state index in [1.807, 2.05) is 0 Å². The minimum absolute atomic E-state index is 0.442. The summed E-state index contributed by atoms with van der Waals surface area (Å²) in [4.78, 5) is 0. The molecule has 0 aliphatic carbocycles. The molecule has 0 fully saturated rings. The molecule has 0 heterocycles. The van der Waals surface area contributed by atoms with Gasteiger partial charge >= 0.3 is 0 Å². The maximum Gasteiger partial charge on any atom is 0.149 e. The zero-order chi connectivity index (χ0) is 25.1. The summed E-state index contributed by atoms with van der Waals surface area (Å²) in [5.74, 6) is 0.442. The molecule has 0 saturated heterocycles. The van der Waals surface area contributed by atoms with Gasteiger partial charge < -0.3 is 0 Å². The van der Waals surface area contributed by atoms with Crippen LogP contribution in [0, 0.1) is 0 Å². The van der Waals surface area contributed by atoms with Gasteiger partial charge in [-0.05, 0) is 61.1 Å². The van der Waals surface area contributed by atoms with Crippen LogP contribution in [0.2, 0.25) is 6.04 Å². The summed E-state index contributed by atoms with van der Waals surface area (Å²) in [6.07, 6.45) is 1.10. The third-order valence-electron chi connectivity index (χ3n) is 8.09. The lowest BCUT2D eigenvalue weighted by Crippen LogP contribution is -2.67. The first-order chi connectivity index (χ1) is 18.3. The number of hydrogen-bond acceptors (Lipinski definition) is 0. The van der Waals surface area contributed by atoms with Crippen molar-refractivity contribution in [2.24, 2.45) is 0 Å². The van der Waals surface area contributed by atoms with E-state index in [0.717, 1.165) is 12.5 Å². The molecule has 1 unspecified atom stereocenters. The molecular weight excluding hydrogens is 460 g/mol. The summed E-state index contributed by atoms with van der Waals surface area (Å²) in [6.45, 7) is 2.37. The normalized spacial score (nSPS) is 12.6. The second-order valence-corrected chi connectivity index (χ2v) is 14.0. The highest BCUT2D eigenvalue weighted by atomic mass is 28.3. The Morgan fingerprint density at radius 1 is 0.486 bits per heavy atom. The van der Waals surface area contributed by atoms with E-state index in [9.17, 15) is 0 Å². The molecule has 0 radical (unpaired) electrons. The Kier molecular flexibility index (Phi) is 6.47. The highest BCUT2D eigenvalue weighted by Crippen LogP contribution is 2.35. The highest BCUT2D eigenvalue weighted by molar-refractivity contribution is 7.12. The summed E-state index contributed by atoms with van der Waals surface area (Å²) < 4.78 is 0. The molecule has 180 valence electrons. The Morgan fingerprint density at radius 3 is 1.59 bits per heavy atom. The molecule has 0 aliphatic rings. The van der Waals surface area contributed by atoms with Crippen molar-refractivity contribution in [2.75, 3.05) is 0 Å². The van der Waals surface area contributed by atoms with E-state index in [0.29, 0.717) is 5.92 Å². The van der Waals surface area contributed by atoms with Crippen molar-refractivity contribution in [1.29, 1.82) is 0 Å². The van der Waals surface area contributed by atoms with Gasteiger partial charge in [0, 0.05) is 0 Å².